The van der Waals surface area contributed by atoms with E-state index in [4.69, 9.17) is 4.84 Å². The molecule has 2 aromatic carbocycles. The molecule has 2 aliphatic rings. The number of hydrogen-bond donors (Lipinski definition) is 0. The van der Waals surface area contributed by atoms with Gasteiger partial charge in [-0.1, -0.05) is 42.5 Å². The molecule has 0 N–H and O–H groups in total. The van der Waals surface area contributed by atoms with Crippen molar-refractivity contribution < 1.29 is 17.6 Å². The second-order valence-electron chi connectivity index (χ2n) is 6.74. The predicted molar refractivity (Wildman–Crippen MR) is 96.1 cm³/mol. The molecule has 1 saturated heterocycles. The number of sulfonamides is 1. The van der Waals surface area contributed by atoms with E-state index in [1.807, 2.05) is 24.3 Å². The van der Waals surface area contributed by atoms with Crippen LogP contribution in [0.5, 0.6) is 0 Å². The van der Waals surface area contributed by atoms with Crippen LogP contribution in [-0.4, -0.2) is 43.2 Å². The summed E-state index contributed by atoms with van der Waals surface area (Å²) in [5, 5.41) is 0.619. The first-order valence-electron chi connectivity index (χ1n) is 8.64. The fourth-order valence-corrected chi connectivity index (χ4v) is 5.76. The summed E-state index contributed by atoms with van der Waals surface area (Å²) >= 11 is 0. The van der Waals surface area contributed by atoms with Crippen LogP contribution in [0.1, 0.15) is 22.7 Å². The van der Waals surface area contributed by atoms with Gasteiger partial charge in [-0.05, 0) is 23.6 Å². The van der Waals surface area contributed by atoms with E-state index >= 15 is 0 Å². The molecule has 2 heterocycles. The Labute approximate surface area is 153 Å². The van der Waals surface area contributed by atoms with Gasteiger partial charge in [-0.25, -0.2) is 12.8 Å². The number of hydroxylamine groups is 2. The Morgan fingerprint density at radius 1 is 1.08 bits per heavy atom. The molecule has 2 aromatic rings. The number of nitrogens with zero attached hydrogens (tertiary/aromatic N) is 2. The van der Waals surface area contributed by atoms with E-state index in [1.54, 1.807) is 25.2 Å². The summed E-state index contributed by atoms with van der Waals surface area (Å²) in [6.07, 6.45) is 0.684. The molecule has 2 aliphatic heterocycles. The fraction of sp³-hybridized carbons (Fsp3) is 0.368. The molecule has 0 bridgehead atoms. The summed E-state index contributed by atoms with van der Waals surface area (Å²) in [5.41, 5.74) is 2.56. The first kappa shape index (κ1) is 17.6. The zero-order chi connectivity index (χ0) is 18.3. The number of fused-ring (bicyclic) bond motifs is 1. The van der Waals surface area contributed by atoms with E-state index in [2.05, 4.69) is 0 Å². The maximum atomic E-state index is 14.3. The van der Waals surface area contributed by atoms with Crippen molar-refractivity contribution in [3.8, 4) is 0 Å². The molecule has 0 amide bonds. The van der Waals surface area contributed by atoms with Gasteiger partial charge in [0, 0.05) is 25.7 Å². The quantitative estimate of drug-likeness (QED) is 0.826. The third-order valence-corrected chi connectivity index (χ3v) is 7.44. The molecule has 5 nitrogen and oxygen atoms in total. The molecular weight excluding hydrogens is 355 g/mol. The summed E-state index contributed by atoms with van der Waals surface area (Å²) in [6, 6.07) is 13.5. The fourth-order valence-electron chi connectivity index (χ4n) is 3.84. The van der Waals surface area contributed by atoms with Gasteiger partial charge in [0.05, 0.1) is 12.6 Å². The molecule has 0 spiro atoms. The Morgan fingerprint density at radius 3 is 2.54 bits per heavy atom. The highest BCUT2D eigenvalue weighted by molar-refractivity contribution is 7.89. The lowest BCUT2D eigenvalue weighted by Gasteiger charge is -2.32. The van der Waals surface area contributed by atoms with Crippen LogP contribution in [0.2, 0.25) is 0 Å². The number of hydrogen-bond acceptors (Lipinski definition) is 4. The van der Waals surface area contributed by atoms with Gasteiger partial charge in [0.25, 0.3) is 0 Å². The van der Waals surface area contributed by atoms with E-state index in [-0.39, 0.29) is 6.61 Å². The van der Waals surface area contributed by atoms with Crippen LogP contribution in [-0.2, 0) is 27.8 Å². The summed E-state index contributed by atoms with van der Waals surface area (Å²) in [5.74, 6) is -0.418. The van der Waals surface area contributed by atoms with Crippen molar-refractivity contribution in [1.29, 1.82) is 0 Å². The smallest absolute Gasteiger partial charge is 0.221 e. The predicted octanol–water partition coefficient (Wildman–Crippen LogP) is 2.50. The van der Waals surface area contributed by atoms with Crippen molar-refractivity contribution in [2.75, 3.05) is 20.2 Å². The van der Waals surface area contributed by atoms with Gasteiger partial charge in [0.2, 0.25) is 10.0 Å². The van der Waals surface area contributed by atoms with Crippen molar-refractivity contribution >= 4 is 10.0 Å². The van der Waals surface area contributed by atoms with Crippen molar-refractivity contribution in [2.45, 2.75) is 24.3 Å². The van der Waals surface area contributed by atoms with Crippen LogP contribution in [0.15, 0.2) is 48.5 Å². The SMILES string of the molecule is CN1OCC(S(=O)(=O)N2CCc3ccccc3C2)C1c1ccccc1F. The Hall–Kier alpha value is -1.80. The van der Waals surface area contributed by atoms with Crippen LogP contribution >= 0.6 is 0 Å². The summed E-state index contributed by atoms with van der Waals surface area (Å²) in [7, 11) is -2.00. The van der Waals surface area contributed by atoms with Gasteiger partial charge in [-0.2, -0.15) is 9.37 Å². The molecule has 0 aliphatic carbocycles. The molecule has 2 atom stereocenters. The summed E-state index contributed by atoms with van der Waals surface area (Å²) in [6.45, 7) is 0.808. The van der Waals surface area contributed by atoms with E-state index in [1.165, 1.54) is 21.0 Å². The normalized spacial score (nSPS) is 24.5. The monoisotopic (exact) mass is 376 g/mol. The highest BCUT2D eigenvalue weighted by Gasteiger charge is 2.47. The maximum Gasteiger partial charge on any atom is 0.221 e. The average molecular weight is 376 g/mol. The maximum absolute atomic E-state index is 14.3. The molecule has 26 heavy (non-hydrogen) atoms. The first-order chi connectivity index (χ1) is 12.5. The minimum atomic E-state index is -3.65. The van der Waals surface area contributed by atoms with Crippen molar-refractivity contribution in [3.63, 3.8) is 0 Å². The molecule has 0 saturated carbocycles. The van der Waals surface area contributed by atoms with Crippen LogP contribution in [0.4, 0.5) is 4.39 Å². The van der Waals surface area contributed by atoms with Gasteiger partial charge in [0.15, 0.2) is 0 Å². The lowest BCUT2D eigenvalue weighted by molar-refractivity contribution is -0.111. The molecule has 138 valence electrons. The second kappa shape index (κ2) is 6.74. The molecule has 0 radical (unpaired) electrons. The third kappa shape index (κ3) is 2.95. The van der Waals surface area contributed by atoms with Crippen LogP contribution in [0.25, 0.3) is 0 Å². The largest absolute Gasteiger partial charge is 0.297 e. The zero-order valence-corrected chi connectivity index (χ0v) is 15.3. The molecule has 1 fully saturated rings. The topological polar surface area (TPSA) is 49.9 Å². The lowest BCUT2D eigenvalue weighted by atomic mass is 10.0. The Bertz CT molecular complexity index is 919. The molecule has 2 unspecified atom stereocenters. The standard InChI is InChI=1S/C19H21FN2O3S/c1-21-19(16-8-4-5-9-17(16)20)18(13-25-21)26(23,24)22-11-10-14-6-2-3-7-15(14)12-22/h2-9,18-19H,10-13H2,1H3. The molecular formula is C19H21FN2O3S. The Morgan fingerprint density at radius 2 is 1.77 bits per heavy atom. The molecule has 7 heteroatoms. The second-order valence-corrected chi connectivity index (χ2v) is 8.90. The first-order valence-corrected chi connectivity index (χ1v) is 10.1. The highest BCUT2D eigenvalue weighted by Crippen LogP contribution is 2.37. The van der Waals surface area contributed by atoms with Crippen molar-refractivity contribution in [3.05, 3.63) is 71.0 Å². The average Bonchev–Trinajstić information content (AvgIpc) is 3.04. The van der Waals surface area contributed by atoms with Gasteiger partial charge in [-0.15, -0.1) is 0 Å². The highest BCUT2D eigenvalue weighted by atomic mass is 32.2. The van der Waals surface area contributed by atoms with Crippen molar-refractivity contribution in [1.82, 2.24) is 9.37 Å². The molecule has 0 aromatic heterocycles. The van der Waals surface area contributed by atoms with Crippen LogP contribution in [0.3, 0.4) is 0 Å². The Kier molecular flexibility index (Phi) is 4.56. The van der Waals surface area contributed by atoms with E-state index in [0.717, 1.165) is 5.56 Å². The van der Waals surface area contributed by atoms with Gasteiger partial charge >= 0.3 is 0 Å². The summed E-state index contributed by atoms with van der Waals surface area (Å²) < 4.78 is 42.5. The minimum absolute atomic E-state index is 0.0238. The summed E-state index contributed by atoms with van der Waals surface area (Å²) in [4.78, 5) is 5.49. The van der Waals surface area contributed by atoms with Crippen LogP contribution in [0, 0.1) is 5.82 Å². The Balaban J connectivity index is 1.66. The van der Waals surface area contributed by atoms with Gasteiger partial charge < -0.3 is 0 Å². The zero-order valence-electron chi connectivity index (χ0n) is 14.5. The third-order valence-electron chi connectivity index (χ3n) is 5.25. The van der Waals surface area contributed by atoms with Gasteiger partial charge in [-0.3, -0.25) is 4.84 Å². The number of halogens is 1. The van der Waals surface area contributed by atoms with E-state index in [0.29, 0.717) is 25.1 Å². The van der Waals surface area contributed by atoms with E-state index < -0.39 is 27.1 Å². The minimum Gasteiger partial charge on any atom is -0.297 e. The van der Waals surface area contributed by atoms with Crippen molar-refractivity contribution in [2.24, 2.45) is 0 Å². The number of benzene rings is 2. The number of rotatable bonds is 3. The lowest BCUT2D eigenvalue weighted by Crippen LogP contribution is -2.44. The molecule has 4 rings (SSSR count). The van der Waals surface area contributed by atoms with Gasteiger partial charge in [0.1, 0.15) is 11.1 Å². The van der Waals surface area contributed by atoms with E-state index in [9.17, 15) is 12.8 Å². The van der Waals surface area contributed by atoms with Crippen LogP contribution < -0.4 is 0 Å².